The third-order valence-electron chi connectivity index (χ3n) is 4.38. The highest BCUT2D eigenvalue weighted by molar-refractivity contribution is 6.33. The highest BCUT2D eigenvalue weighted by atomic mass is 35.5. The summed E-state index contributed by atoms with van der Waals surface area (Å²) in [6, 6.07) is 3.31. The molecule has 2 heterocycles. The predicted molar refractivity (Wildman–Crippen MR) is 83.3 cm³/mol. The Labute approximate surface area is 137 Å². The Hall–Kier alpha value is -1.47. The number of amides is 1. The van der Waals surface area contributed by atoms with Crippen LogP contribution in [0.4, 0.5) is 24.5 Å². The Morgan fingerprint density at radius 1 is 1.09 bits per heavy atom. The van der Waals surface area contributed by atoms with Crippen molar-refractivity contribution in [3.8, 4) is 0 Å². The number of hydrogen-bond acceptors (Lipinski definition) is 3. The molecule has 0 unspecified atom stereocenters. The maximum atomic E-state index is 12.7. The van der Waals surface area contributed by atoms with E-state index in [-0.39, 0.29) is 6.54 Å². The van der Waals surface area contributed by atoms with E-state index in [1.165, 1.54) is 0 Å². The molecule has 0 radical (unpaired) electrons. The highest BCUT2D eigenvalue weighted by Crippen LogP contribution is 2.39. The summed E-state index contributed by atoms with van der Waals surface area (Å²) in [6.45, 7) is 3.26. The van der Waals surface area contributed by atoms with E-state index in [9.17, 15) is 18.0 Å². The van der Waals surface area contributed by atoms with E-state index in [0.29, 0.717) is 28.4 Å². The van der Waals surface area contributed by atoms with Crippen molar-refractivity contribution in [2.45, 2.75) is 12.6 Å². The average molecular weight is 348 g/mol. The van der Waals surface area contributed by atoms with Gasteiger partial charge >= 0.3 is 12.1 Å². The van der Waals surface area contributed by atoms with Gasteiger partial charge in [-0.1, -0.05) is 11.6 Å². The second kappa shape index (κ2) is 5.87. The maximum absolute atomic E-state index is 12.7. The molecule has 1 aromatic rings. The topological polar surface area (TPSA) is 26.8 Å². The zero-order chi connectivity index (χ0) is 16.8. The van der Waals surface area contributed by atoms with Crippen molar-refractivity contribution < 1.29 is 18.0 Å². The molecule has 0 aromatic heterocycles. The van der Waals surface area contributed by atoms with Gasteiger partial charge in [0, 0.05) is 38.4 Å². The fourth-order valence-corrected chi connectivity index (χ4v) is 3.36. The molecule has 0 spiro atoms. The summed E-state index contributed by atoms with van der Waals surface area (Å²) in [5.41, 5.74) is 1.71. The third kappa shape index (κ3) is 3.12. The Morgan fingerprint density at radius 3 is 2.35 bits per heavy atom. The molecule has 0 N–H and O–H groups in total. The van der Waals surface area contributed by atoms with Gasteiger partial charge in [-0.05, 0) is 31.2 Å². The quantitative estimate of drug-likeness (QED) is 0.781. The van der Waals surface area contributed by atoms with Gasteiger partial charge in [-0.15, -0.1) is 0 Å². The van der Waals surface area contributed by atoms with E-state index in [1.807, 2.05) is 7.05 Å². The van der Waals surface area contributed by atoms with Crippen LogP contribution in [0.15, 0.2) is 12.1 Å². The molecule has 2 aliphatic heterocycles. The van der Waals surface area contributed by atoms with Crippen LogP contribution in [0, 0.1) is 0 Å². The van der Waals surface area contributed by atoms with Crippen LogP contribution in [0.25, 0.3) is 0 Å². The highest BCUT2D eigenvalue weighted by Gasteiger charge is 2.45. The summed E-state index contributed by atoms with van der Waals surface area (Å²) in [5.74, 6) is -1.82. The van der Waals surface area contributed by atoms with Gasteiger partial charge in [0.15, 0.2) is 0 Å². The van der Waals surface area contributed by atoms with Crippen molar-refractivity contribution in [1.29, 1.82) is 0 Å². The van der Waals surface area contributed by atoms with Crippen molar-refractivity contribution in [2.24, 2.45) is 0 Å². The fourth-order valence-electron chi connectivity index (χ4n) is 3.05. The molecule has 1 amide bonds. The summed E-state index contributed by atoms with van der Waals surface area (Å²) >= 11 is 6.31. The number of carbonyl (C=O) groups excluding carboxylic acids is 1. The first-order valence-electron chi connectivity index (χ1n) is 7.42. The smallest absolute Gasteiger partial charge is 0.368 e. The molecule has 0 atom stereocenters. The monoisotopic (exact) mass is 347 g/mol. The van der Waals surface area contributed by atoms with E-state index in [0.717, 1.165) is 31.1 Å². The summed E-state index contributed by atoms with van der Waals surface area (Å²) in [6.07, 6.45) is -4.48. The second-order valence-corrected chi connectivity index (χ2v) is 6.33. The molecule has 0 saturated carbocycles. The summed E-state index contributed by atoms with van der Waals surface area (Å²) in [5, 5.41) is 0.523. The van der Waals surface area contributed by atoms with Crippen molar-refractivity contribution >= 4 is 28.9 Å². The second-order valence-electron chi connectivity index (χ2n) is 5.93. The Kier molecular flexibility index (Phi) is 4.18. The number of fused-ring (bicyclic) bond motifs is 1. The minimum Gasteiger partial charge on any atom is -0.368 e. The SMILES string of the molecule is CN1CCN(c2cc3c(cc2Cl)CCN3C(=O)C(F)(F)F)CC1. The van der Waals surface area contributed by atoms with E-state index in [2.05, 4.69) is 9.80 Å². The number of nitrogens with zero attached hydrogens (tertiary/aromatic N) is 3. The number of hydrogen-bond donors (Lipinski definition) is 0. The third-order valence-corrected chi connectivity index (χ3v) is 4.68. The van der Waals surface area contributed by atoms with Crippen LogP contribution in [0.2, 0.25) is 5.02 Å². The zero-order valence-corrected chi connectivity index (χ0v) is 13.4. The molecule has 1 aromatic carbocycles. The van der Waals surface area contributed by atoms with Gasteiger partial charge < -0.3 is 14.7 Å². The molecule has 1 fully saturated rings. The number of piperazine rings is 1. The summed E-state index contributed by atoms with van der Waals surface area (Å²) < 4.78 is 38.2. The van der Waals surface area contributed by atoms with Crippen molar-refractivity contribution in [3.05, 3.63) is 22.7 Å². The number of benzene rings is 1. The van der Waals surface area contributed by atoms with E-state index < -0.39 is 12.1 Å². The van der Waals surface area contributed by atoms with Gasteiger partial charge in [0.25, 0.3) is 0 Å². The van der Waals surface area contributed by atoms with Gasteiger partial charge in [0.1, 0.15) is 0 Å². The molecule has 126 valence electrons. The van der Waals surface area contributed by atoms with Crippen LogP contribution in [0.3, 0.4) is 0 Å². The lowest BCUT2D eigenvalue weighted by molar-refractivity contribution is -0.170. The number of carbonyl (C=O) groups is 1. The Morgan fingerprint density at radius 2 is 1.74 bits per heavy atom. The molecular weight excluding hydrogens is 331 g/mol. The van der Waals surface area contributed by atoms with Gasteiger partial charge in [0.05, 0.1) is 10.7 Å². The molecule has 2 aliphatic rings. The lowest BCUT2D eigenvalue weighted by Crippen LogP contribution is -2.44. The zero-order valence-electron chi connectivity index (χ0n) is 12.7. The van der Waals surface area contributed by atoms with Crippen LogP contribution < -0.4 is 9.80 Å². The molecule has 8 heteroatoms. The number of likely N-dealkylation sites (N-methyl/N-ethyl adjacent to an activating group) is 1. The molecule has 0 bridgehead atoms. The van der Waals surface area contributed by atoms with Crippen LogP contribution in [-0.4, -0.2) is 56.8 Å². The van der Waals surface area contributed by atoms with Crippen molar-refractivity contribution in [3.63, 3.8) is 0 Å². The van der Waals surface area contributed by atoms with Gasteiger partial charge in [-0.3, -0.25) is 4.79 Å². The fraction of sp³-hybridized carbons (Fsp3) is 0.533. The number of anilines is 2. The van der Waals surface area contributed by atoms with Crippen molar-refractivity contribution in [1.82, 2.24) is 4.90 Å². The first kappa shape index (κ1) is 16.4. The molecular formula is C15H17ClF3N3O. The van der Waals surface area contributed by atoms with E-state index in [4.69, 9.17) is 11.6 Å². The van der Waals surface area contributed by atoms with E-state index >= 15 is 0 Å². The molecule has 1 saturated heterocycles. The van der Waals surface area contributed by atoms with Gasteiger partial charge in [0.2, 0.25) is 0 Å². The Balaban J connectivity index is 1.92. The number of rotatable bonds is 1. The first-order chi connectivity index (χ1) is 10.8. The minimum absolute atomic E-state index is 0.0379. The van der Waals surface area contributed by atoms with E-state index in [1.54, 1.807) is 12.1 Å². The number of alkyl halides is 3. The maximum Gasteiger partial charge on any atom is 0.471 e. The minimum atomic E-state index is -4.87. The Bertz CT molecular complexity index is 627. The van der Waals surface area contributed by atoms with Crippen LogP contribution in [0.1, 0.15) is 5.56 Å². The standard InChI is InChI=1S/C15H17ClF3N3O/c1-20-4-6-21(7-5-20)13-9-12-10(8-11(13)16)2-3-22(12)14(23)15(17,18)19/h8-9H,2-7H2,1H3. The summed E-state index contributed by atoms with van der Waals surface area (Å²) in [7, 11) is 2.02. The predicted octanol–water partition coefficient (Wildman–Crippen LogP) is 2.54. The number of halogens is 4. The summed E-state index contributed by atoms with van der Waals surface area (Å²) in [4.78, 5) is 16.6. The molecule has 0 aliphatic carbocycles. The molecule has 3 rings (SSSR count). The lowest BCUT2D eigenvalue weighted by Gasteiger charge is -2.35. The average Bonchev–Trinajstić information content (AvgIpc) is 2.88. The first-order valence-corrected chi connectivity index (χ1v) is 7.80. The van der Waals surface area contributed by atoms with Crippen LogP contribution in [0.5, 0.6) is 0 Å². The normalized spacial score (nSPS) is 19.2. The van der Waals surface area contributed by atoms with Crippen LogP contribution in [-0.2, 0) is 11.2 Å². The lowest BCUT2D eigenvalue weighted by atomic mass is 10.1. The molecule has 23 heavy (non-hydrogen) atoms. The van der Waals surface area contributed by atoms with Gasteiger partial charge in [-0.2, -0.15) is 13.2 Å². The largest absolute Gasteiger partial charge is 0.471 e. The van der Waals surface area contributed by atoms with Crippen molar-refractivity contribution in [2.75, 3.05) is 49.6 Å². The van der Waals surface area contributed by atoms with Crippen LogP contribution >= 0.6 is 11.6 Å². The molecule has 4 nitrogen and oxygen atoms in total. The van der Waals surface area contributed by atoms with Gasteiger partial charge in [-0.25, -0.2) is 0 Å².